The van der Waals surface area contributed by atoms with Gasteiger partial charge in [0.15, 0.2) is 0 Å². The van der Waals surface area contributed by atoms with E-state index >= 15 is 0 Å². The van der Waals surface area contributed by atoms with Crippen molar-refractivity contribution in [3.05, 3.63) is 68.5 Å². The van der Waals surface area contributed by atoms with Crippen LogP contribution in [0.3, 0.4) is 0 Å². The van der Waals surface area contributed by atoms with Crippen molar-refractivity contribution in [3.63, 3.8) is 0 Å². The first kappa shape index (κ1) is 14.5. The second-order valence-corrected chi connectivity index (χ2v) is 5.20. The van der Waals surface area contributed by atoms with Crippen molar-refractivity contribution >= 4 is 21.8 Å². The highest BCUT2D eigenvalue weighted by Crippen LogP contribution is 2.08. The fourth-order valence-corrected chi connectivity index (χ4v) is 2.21. The van der Waals surface area contributed by atoms with E-state index in [1.807, 2.05) is 30.3 Å². The third kappa shape index (κ3) is 3.55. The van der Waals surface area contributed by atoms with Crippen LogP contribution < -0.4 is 16.8 Å². The zero-order valence-electron chi connectivity index (χ0n) is 10.7. The Morgan fingerprint density at radius 2 is 1.85 bits per heavy atom. The van der Waals surface area contributed by atoms with Crippen molar-refractivity contribution in [2.45, 2.75) is 13.0 Å². The van der Waals surface area contributed by atoms with E-state index in [1.165, 1.54) is 0 Å². The summed E-state index contributed by atoms with van der Waals surface area (Å²) in [4.78, 5) is 23.0. The number of nitrogens with zero attached hydrogens (tertiary/aromatic N) is 1. The number of aromatic nitrogens is 1. The average molecular weight is 336 g/mol. The molecule has 6 heteroatoms. The lowest BCUT2D eigenvalue weighted by Crippen LogP contribution is -2.31. The SMILES string of the molecule is NNC(=O)Cc1ccc(Cn2cccc(Br)c2=O)cc1. The lowest BCUT2D eigenvalue weighted by atomic mass is 10.1. The second-order valence-electron chi connectivity index (χ2n) is 4.35. The summed E-state index contributed by atoms with van der Waals surface area (Å²) in [6.07, 6.45) is 1.98. The fraction of sp³-hybridized carbons (Fsp3) is 0.143. The molecule has 0 saturated heterocycles. The first-order chi connectivity index (χ1) is 9.60. The summed E-state index contributed by atoms with van der Waals surface area (Å²) < 4.78 is 2.15. The van der Waals surface area contributed by atoms with Gasteiger partial charge in [0.2, 0.25) is 5.91 Å². The van der Waals surface area contributed by atoms with Crippen LogP contribution in [0.2, 0.25) is 0 Å². The molecular formula is C14H14BrN3O2. The van der Waals surface area contributed by atoms with Gasteiger partial charge in [-0.1, -0.05) is 24.3 Å². The Morgan fingerprint density at radius 3 is 2.50 bits per heavy atom. The molecule has 0 saturated carbocycles. The van der Waals surface area contributed by atoms with Crippen molar-refractivity contribution in [2.75, 3.05) is 0 Å². The highest BCUT2D eigenvalue weighted by molar-refractivity contribution is 9.10. The van der Waals surface area contributed by atoms with Crippen LogP contribution in [0.5, 0.6) is 0 Å². The molecule has 5 nitrogen and oxygen atoms in total. The highest BCUT2D eigenvalue weighted by Gasteiger charge is 2.03. The molecule has 1 heterocycles. The molecule has 0 aliphatic heterocycles. The topological polar surface area (TPSA) is 77.1 Å². The second kappa shape index (κ2) is 6.49. The van der Waals surface area contributed by atoms with Crippen LogP contribution in [0, 0.1) is 0 Å². The van der Waals surface area contributed by atoms with E-state index in [1.54, 1.807) is 16.8 Å². The molecule has 1 aromatic carbocycles. The summed E-state index contributed by atoms with van der Waals surface area (Å²) in [5, 5.41) is 0. The van der Waals surface area contributed by atoms with E-state index in [2.05, 4.69) is 21.4 Å². The van der Waals surface area contributed by atoms with Crippen molar-refractivity contribution < 1.29 is 4.79 Å². The predicted molar refractivity (Wildman–Crippen MR) is 80.0 cm³/mol. The number of rotatable bonds is 4. The van der Waals surface area contributed by atoms with Gasteiger partial charge in [-0.3, -0.25) is 15.0 Å². The molecule has 2 aromatic rings. The maximum Gasteiger partial charge on any atom is 0.265 e. The van der Waals surface area contributed by atoms with Gasteiger partial charge in [0.25, 0.3) is 5.56 Å². The number of pyridine rings is 1. The number of benzene rings is 1. The van der Waals surface area contributed by atoms with E-state index in [0.29, 0.717) is 11.0 Å². The first-order valence-electron chi connectivity index (χ1n) is 6.02. The number of hydrogen-bond donors (Lipinski definition) is 2. The molecule has 0 aliphatic carbocycles. The minimum Gasteiger partial charge on any atom is -0.310 e. The van der Waals surface area contributed by atoms with Gasteiger partial charge in [-0.05, 0) is 39.2 Å². The predicted octanol–water partition coefficient (Wildman–Crippen LogP) is 1.19. The Kier molecular flexibility index (Phi) is 4.70. The van der Waals surface area contributed by atoms with E-state index in [-0.39, 0.29) is 17.9 Å². The largest absolute Gasteiger partial charge is 0.310 e. The Hall–Kier alpha value is -1.92. The Morgan fingerprint density at radius 1 is 1.20 bits per heavy atom. The Balaban J connectivity index is 2.13. The number of hydrogen-bond acceptors (Lipinski definition) is 3. The molecule has 0 unspecified atom stereocenters. The zero-order valence-corrected chi connectivity index (χ0v) is 12.3. The summed E-state index contributed by atoms with van der Waals surface area (Å²) in [6, 6.07) is 11.0. The van der Waals surface area contributed by atoms with Crippen molar-refractivity contribution in [1.29, 1.82) is 0 Å². The van der Waals surface area contributed by atoms with E-state index < -0.39 is 0 Å². The monoisotopic (exact) mass is 335 g/mol. The van der Waals surface area contributed by atoms with Gasteiger partial charge in [-0.15, -0.1) is 0 Å². The van der Waals surface area contributed by atoms with Crippen molar-refractivity contribution in [3.8, 4) is 0 Å². The molecule has 0 fully saturated rings. The minimum absolute atomic E-state index is 0.0703. The molecule has 1 amide bonds. The van der Waals surface area contributed by atoms with Crippen LogP contribution in [-0.2, 0) is 17.8 Å². The third-order valence-electron chi connectivity index (χ3n) is 2.88. The lowest BCUT2D eigenvalue weighted by molar-refractivity contribution is -0.120. The molecule has 3 N–H and O–H groups in total. The van der Waals surface area contributed by atoms with Gasteiger partial charge >= 0.3 is 0 Å². The van der Waals surface area contributed by atoms with Crippen LogP contribution in [0.1, 0.15) is 11.1 Å². The molecule has 0 radical (unpaired) electrons. The Bertz CT molecular complexity index is 665. The van der Waals surface area contributed by atoms with Gasteiger partial charge in [-0.2, -0.15) is 0 Å². The van der Waals surface area contributed by atoms with Gasteiger partial charge in [0.1, 0.15) is 0 Å². The quantitative estimate of drug-likeness (QED) is 0.500. The molecule has 0 aliphatic rings. The van der Waals surface area contributed by atoms with Crippen LogP contribution in [0.4, 0.5) is 0 Å². The van der Waals surface area contributed by atoms with Crippen LogP contribution in [-0.4, -0.2) is 10.5 Å². The lowest BCUT2D eigenvalue weighted by Gasteiger charge is -2.07. The maximum atomic E-state index is 11.9. The number of nitrogens with one attached hydrogen (secondary N) is 1. The minimum atomic E-state index is -0.235. The first-order valence-corrected chi connectivity index (χ1v) is 6.81. The highest BCUT2D eigenvalue weighted by atomic mass is 79.9. The standard InChI is InChI=1S/C14H14BrN3O2/c15-12-2-1-7-18(14(12)20)9-11-5-3-10(4-6-11)8-13(19)17-16/h1-7H,8-9,16H2,(H,17,19). The number of halogens is 1. The zero-order chi connectivity index (χ0) is 14.5. The number of nitrogens with two attached hydrogens (primary N) is 1. The molecule has 1 aromatic heterocycles. The smallest absolute Gasteiger partial charge is 0.265 e. The molecule has 0 bridgehead atoms. The van der Waals surface area contributed by atoms with E-state index in [0.717, 1.165) is 11.1 Å². The van der Waals surface area contributed by atoms with E-state index in [4.69, 9.17) is 5.84 Å². The van der Waals surface area contributed by atoms with Crippen molar-refractivity contribution in [1.82, 2.24) is 9.99 Å². The maximum absolute atomic E-state index is 11.9. The molecule has 20 heavy (non-hydrogen) atoms. The van der Waals surface area contributed by atoms with E-state index in [9.17, 15) is 9.59 Å². The molecule has 0 spiro atoms. The van der Waals surface area contributed by atoms with Gasteiger partial charge in [0, 0.05) is 6.20 Å². The molecule has 0 atom stereocenters. The van der Waals surface area contributed by atoms with Crippen LogP contribution >= 0.6 is 15.9 Å². The summed E-state index contributed by atoms with van der Waals surface area (Å²) in [5.41, 5.74) is 3.88. The van der Waals surface area contributed by atoms with Crippen LogP contribution in [0.25, 0.3) is 0 Å². The summed E-state index contributed by atoms with van der Waals surface area (Å²) in [7, 11) is 0. The van der Waals surface area contributed by atoms with Gasteiger partial charge in [-0.25, -0.2) is 5.84 Å². The molecule has 104 valence electrons. The summed E-state index contributed by atoms with van der Waals surface area (Å²) in [6.45, 7) is 0.488. The summed E-state index contributed by atoms with van der Waals surface area (Å²) >= 11 is 3.22. The fourth-order valence-electron chi connectivity index (χ4n) is 1.83. The average Bonchev–Trinajstić information content (AvgIpc) is 2.46. The number of carbonyl (C=O) groups excluding carboxylic acids is 1. The Labute approximate surface area is 124 Å². The molecular weight excluding hydrogens is 322 g/mol. The number of hydrazine groups is 1. The molecule has 2 rings (SSSR count). The van der Waals surface area contributed by atoms with Gasteiger partial charge < -0.3 is 4.57 Å². The van der Waals surface area contributed by atoms with Crippen molar-refractivity contribution in [2.24, 2.45) is 5.84 Å². The van der Waals surface area contributed by atoms with Gasteiger partial charge in [0.05, 0.1) is 17.4 Å². The number of amides is 1. The number of carbonyl (C=O) groups is 1. The van der Waals surface area contributed by atoms with Crippen LogP contribution in [0.15, 0.2) is 51.9 Å². The summed E-state index contributed by atoms with van der Waals surface area (Å²) in [5.74, 6) is 4.81. The third-order valence-corrected chi connectivity index (χ3v) is 3.48. The normalized spacial score (nSPS) is 10.3.